The third-order valence-corrected chi connectivity index (χ3v) is 7.62. The molecule has 0 saturated heterocycles. The van der Waals surface area contributed by atoms with Gasteiger partial charge in [-0.1, -0.05) is 12.1 Å². The van der Waals surface area contributed by atoms with E-state index in [0.29, 0.717) is 25.6 Å². The summed E-state index contributed by atoms with van der Waals surface area (Å²) in [6.07, 6.45) is -6.17. The number of nitrogens with one attached hydrogen (secondary N) is 3. The first-order valence-corrected chi connectivity index (χ1v) is 14.5. The Morgan fingerprint density at radius 3 is 2.20 bits per heavy atom. The van der Waals surface area contributed by atoms with Gasteiger partial charge in [0.15, 0.2) is 0 Å². The molecule has 0 aliphatic carbocycles. The van der Waals surface area contributed by atoms with Crippen LogP contribution in [0.3, 0.4) is 0 Å². The van der Waals surface area contributed by atoms with Crippen molar-refractivity contribution in [1.82, 2.24) is 16.0 Å². The highest BCUT2D eigenvalue weighted by molar-refractivity contribution is 14.1. The van der Waals surface area contributed by atoms with E-state index in [4.69, 9.17) is 5.73 Å². The van der Waals surface area contributed by atoms with Crippen molar-refractivity contribution >= 4 is 46.5 Å². The van der Waals surface area contributed by atoms with Gasteiger partial charge in [0.05, 0.1) is 24.7 Å². The number of carbonyl (C=O) groups is 2. The lowest BCUT2D eigenvalue weighted by Crippen LogP contribution is -2.62. The van der Waals surface area contributed by atoms with Crippen LogP contribution in [0.5, 0.6) is 0 Å². The molecule has 2 aromatic carbocycles. The van der Waals surface area contributed by atoms with E-state index in [2.05, 4.69) is 43.0 Å². The van der Waals surface area contributed by atoms with Gasteiger partial charge in [-0.25, -0.2) is 18.6 Å². The van der Waals surface area contributed by atoms with Gasteiger partial charge in [0.2, 0.25) is 5.91 Å². The van der Waals surface area contributed by atoms with Crippen LogP contribution < -0.4 is 21.7 Å². The second kappa shape index (κ2) is 16.9. The van der Waals surface area contributed by atoms with Crippen molar-refractivity contribution in [2.75, 3.05) is 13.7 Å². The average molecular weight is 776 g/mol. The summed E-state index contributed by atoms with van der Waals surface area (Å²) in [6, 6.07) is 5.16. The van der Waals surface area contributed by atoms with E-state index in [1.165, 1.54) is 0 Å². The molecular weight excluding hydrogens is 742 g/mol. The standard InChI is InChI=1S/C29H33F7IN5O4/c1-28(2,29(34,35)36)24(42-27(45)46-3)25(44)41-22(10-15-4-6-17(37)7-5-15)23(43)14-39-13-18-19(30)11-16(12-20(18)31)21(38)8-9-40-26(32)33/h4-9,11-12,22-24,26,39,43H,10,13-14,38H2,1-3H3,(H,41,44)(H,42,45)/t22?,23-,24+/m0/s1. The van der Waals surface area contributed by atoms with Crippen LogP contribution in [0.1, 0.15) is 30.5 Å². The van der Waals surface area contributed by atoms with Crippen molar-refractivity contribution in [3.63, 3.8) is 0 Å². The monoisotopic (exact) mass is 775 g/mol. The van der Waals surface area contributed by atoms with Gasteiger partial charge in [-0.3, -0.25) is 4.79 Å². The van der Waals surface area contributed by atoms with E-state index in [0.717, 1.165) is 28.9 Å². The molecule has 254 valence electrons. The second-order valence-corrected chi connectivity index (χ2v) is 11.8. The van der Waals surface area contributed by atoms with Gasteiger partial charge < -0.3 is 31.5 Å². The van der Waals surface area contributed by atoms with Crippen molar-refractivity contribution in [2.45, 2.75) is 57.7 Å². The summed E-state index contributed by atoms with van der Waals surface area (Å²) in [4.78, 5) is 27.9. The molecule has 0 radical (unpaired) electrons. The highest BCUT2D eigenvalue weighted by atomic mass is 127. The lowest BCUT2D eigenvalue weighted by molar-refractivity contribution is -0.220. The van der Waals surface area contributed by atoms with Crippen molar-refractivity contribution in [3.8, 4) is 0 Å². The first kappa shape index (κ1) is 38.7. The molecule has 0 aliphatic heterocycles. The number of hydrogen-bond acceptors (Lipinski definition) is 7. The normalized spacial score (nSPS) is 14.7. The molecule has 9 nitrogen and oxygen atoms in total. The van der Waals surface area contributed by atoms with Crippen molar-refractivity contribution in [1.29, 1.82) is 0 Å². The number of methoxy groups -OCH3 is 1. The Balaban J connectivity index is 2.27. The fraction of sp³-hybridized carbons (Fsp3) is 0.414. The highest BCUT2D eigenvalue weighted by Crippen LogP contribution is 2.40. The minimum absolute atomic E-state index is 0.0687. The number of nitrogens with two attached hydrogens (primary N) is 1. The second-order valence-electron chi connectivity index (χ2n) is 10.5. The molecule has 17 heteroatoms. The van der Waals surface area contributed by atoms with Gasteiger partial charge in [-0.2, -0.15) is 22.0 Å². The lowest BCUT2D eigenvalue weighted by Gasteiger charge is -2.36. The molecule has 0 spiro atoms. The number of halogens is 8. The van der Waals surface area contributed by atoms with Gasteiger partial charge in [0, 0.05) is 39.7 Å². The zero-order valence-corrected chi connectivity index (χ0v) is 26.9. The molecule has 0 bridgehead atoms. The van der Waals surface area contributed by atoms with E-state index >= 15 is 0 Å². The molecule has 46 heavy (non-hydrogen) atoms. The van der Waals surface area contributed by atoms with E-state index in [-0.39, 0.29) is 24.2 Å². The fourth-order valence-electron chi connectivity index (χ4n) is 4.05. The molecule has 6 N–H and O–H groups in total. The summed E-state index contributed by atoms with van der Waals surface area (Å²) in [5.74, 6) is -3.36. The van der Waals surface area contributed by atoms with Crippen molar-refractivity contribution in [3.05, 3.63) is 74.4 Å². The van der Waals surface area contributed by atoms with Crippen LogP contribution >= 0.6 is 22.6 Å². The number of alkyl halides is 5. The number of ether oxygens (including phenoxy) is 1. The Morgan fingerprint density at radius 1 is 1.09 bits per heavy atom. The van der Waals surface area contributed by atoms with E-state index in [1.54, 1.807) is 24.3 Å². The number of allylic oxidation sites excluding steroid dienone is 1. The summed E-state index contributed by atoms with van der Waals surface area (Å²) in [5, 5.41) is 17.9. The van der Waals surface area contributed by atoms with E-state index < -0.39 is 72.1 Å². The maximum atomic E-state index is 14.8. The van der Waals surface area contributed by atoms with Crippen molar-refractivity contribution in [2.24, 2.45) is 16.1 Å². The summed E-state index contributed by atoms with van der Waals surface area (Å²) in [7, 11) is 0.913. The van der Waals surface area contributed by atoms with Crippen LogP contribution in [-0.2, 0) is 22.5 Å². The summed E-state index contributed by atoms with van der Waals surface area (Å²) < 4.78 is 101. The quantitative estimate of drug-likeness (QED) is 0.0821. The molecule has 2 amide bonds. The Labute approximate surface area is 274 Å². The smallest absolute Gasteiger partial charge is 0.407 e. The topological polar surface area (TPSA) is 138 Å². The third kappa shape index (κ3) is 11.1. The maximum Gasteiger partial charge on any atom is 0.407 e. The zero-order valence-electron chi connectivity index (χ0n) is 24.8. The predicted octanol–water partition coefficient (Wildman–Crippen LogP) is 4.65. The van der Waals surface area contributed by atoms with Gasteiger partial charge in [-0.15, -0.1) is 0 Å². The molecular formula is C29H33F7IN5O4. The van der Waals surface area contributed by atoms with Gasteiger partial charge in [-0.05, 0) is 78.8 Å². The zero-order chi connectivity index (χ0) is 34.8. The molecule has 2 aromatic rings. The molecule has 0 aliphatic rings. The van der Waals surface area contributed by atoms with Gasteiger partial charge in [0.1, 0.15) is 17.7 Å². The van der Waals surface area contributed by atoms with Gasteiger partial charge >= 0.3 is 18.8 Å². The largest absolute Gasteiger partial charge is 0.453 e. The number of benzene rings is 2. The van der Waals surface area contributed by atoms with Crippen LogP contribution in [0.4, 0.5) is 35.5 Å². The summed E-state index contributed by atoms with van der Waals surface area (Å²) >= 11 is 2.05. The molecule has 0 aromatic heterocycles. The third-order valence-electron chi connectivity index (χ3n) is 6.91. The summed E-state index contributed by atoms with van der Waals surface area (Å²) in [6.45, 7) is -2.42. The number of rotatable bonds is 14. The predicted molar refractivity (Wildman–Crippen MR) is 165 cm³/mol. The minimum atomic E-state index is -4.94. The van der Waals surface area contributed by atoms with Crippen molar-refractivity contribution < 1.29 is 50.2 Å². The number of aliphatic hydroxyl groups is 1. The fourth-order valence-corrected chi connectivity index (χ4v) is 4.41. The maximum absolute atomic E-state index is 14.8. The number of hydrogen-bond donors (Lipinski definition) is 5. The first-order valence-electron chi connectivity index (χ1n) is 13.5. The van der Waals surface area contributed by atoms with Crippen LogP contribution in [-0.4, -0.2) is 67.9 Å². The molecule has 0 heterocycles. The molecule has 1 unspecified atom stereocenters. The number of carbonyl (C=O) groups excluding carboxylic acids is 2. The summed E-state index contributed by atoms with van der Waals surface area (Å²) in [5.41, 5.74) is 2.66. The SMILES string of the molecule is COC(=O)N[C@H](C(=O)NC(Cc1ccc(I)cc1)[C@@H](O)CNCc1c(F)cc(C(N)=CC=NC(F)F)cc1F)C(C)(C)C(F)(F)F. The van der Waals surface area contributed by atoms with Crippen LogP contribution in [0.2, 0.25) is 0 Å². The lowest BCUT2D eigenvalue weighted by atomic mass is 9.82. The van der Waals surface area contributed by atoms with Crippen LogP contribution in [0.25, 0.3) is 5.70 Å². The number of nitrogens with zero attached hydrogens (tertiary/aromatic N) is 1. The highest BCUT2D eigenvalue weighted by Gasteiger charge is 2.56. The van der Waals surface area contributed by atoms with Crippen LogP contribution in [0.15, 0.2) is 47.5 Å². The Kier molecular flexibility index (Phi) is 14.2. The average Bonchev–Trinajstić information content (AvgIpc) is 2.96. The number of amides is 2. The molecule has 0 fully saturated rings. The molecule has 3 atom stereocenters. The number of aliphatic imine (C=N–C) groups is 1. The van der Waals surface area contributed by atoms with Gasteiger partial charge in [0.25, 0.3) is 0 Å². The Bertz CT molecular complexity index is 1380. The Morgan fingerprint density at radius 2 is 1.67 bits per heavy atom. The number of aliphatic hydroxyl groups excluding tert-OH is 1. The first-order chi connectivity index (χ1) is 21.4. The number of alkyl carbamates (subject to hydrolysis) is 1. The molecule has 0 saturated carbocycles. The Hall–Kier alpha value is -3.45. The minimum Gasteiger partial charge on any atom is -0.453 e. The molecule has 2 rings (SSSR count). The van der Waals surface area contributed by atoms with E-state index in [9.17, 15) is 45.4 Å². The van der Waals surface area contributed by atoms with Crippen LogP contribution in [0, 0.1) is 20.6 Å². The van der Waals surface area contributed by atoms with E-state index in [1.807, 2.05) is 5.32 Å².